The van der Waals surface area contributed by atoms with E-state index >= 15 is 0 Å². The second kappa shape index (κ2) is 9.00. The van der Waals surface area contributed by atoms with Crippen LogP contribution < -0.4 is 10.6 Å². The van der Waals surface area contributed by atoms with Crippen molar-refractivity contribution >= 4 is 17.5 Å². The number of nitrogens with zero attached hydrogens (tertiary/aromatic N) is 1. The van der Waals surface area contributed by atoms with Gasteiger partial charge < -0.3 is 15.4 Å². The molecule has 0 radical (unpaired) electrons. The molecule has 21 heavy (non-hydrogen) atoms. The lowest BCUT2D eigenvalue weighted by atomic mass is 10.2. The maximum atomic E-state index is 11.7. The molecule has 0 bridgehead atoms. The first kappa shape index (κ1) is 16.2. The van der Waals surface area contributed by atoms with Gasteiger partial charge in [0.15, 0.2) is 0 Å². The van der Waals surface area contributed by atoms with Gasteiger partial charge in [-0.1, -0.05) is 29.8 Å². The molecule has 0 saturated carbocycles. The molecule has 0 atom stereocenters. The molecular formula is C15H22ClN3O2. The highest BCUT2D eigenvalue weighted by atomic mass is 35.5. The van der Waals surface area contributed by atoms with Crippen LogP contribution in [0, 0.1) is 0 Å². The minimum absolute atomic E-state index is 0.00955. The number of ether oxygens (including phenoxy) is 1. The van der Waals surface area contributed by atoms with Gasteiger partial charge in [0.2, 0.25) is 5.91 Å². The molecule has 1 aromatic carbocycles. The Hall–Kier alpha value is -1.14. The van der Waals surface area contributed by atoms with Crippen LogP contribution in [-0.2, 0) is 16.1 Å². The molecule has 6 heteroatoms. The highest BCUT2D eigenvalue weighted by molar-refractivity contribution is 6.31. The van der Waals surface area contributed by atoms with Crippen molar-refractivity contribution in [1.82, 2.24) is 15.5 Å². The summed E-state index contributed by atoms with van der Waals surface area (Å²) in [6.07, 6.45) is 0. The minimum Gasteiger partial charge on any atom is -0.379 e. The van der Waals surface area contributed by atoms with Gasteiger partial charge in [-0.15, -0.1) is 0 Å². The van der Waals surface area contributed by atoms with E-state index < -0.39 is 0 Å². The van der Waals surface area contributed by atoms with Crippen molar-refractivity contribution in [2.45, 2.75) is 6.54 Å². The molecule has 0 spiro atoms. The van der Waals surface area contributed by atoms with Gasteiger partial charge in [-0.25, -0.2) is 0 Å². The van der Waals surface area contributed by atoms with Gasteiger partial charge in [-0.3, -0.25) is 9.69 Å². The Morgan fingerprint density at radius 3 is 2.81 bits per heavy atom. The Labute approximate surface area is 130 Å². The van der Waals surface area contributed by atoms with Gasteiger partial charge in [-0.05, 0) is 11.6 Å². The van der Waals surface area contributed by atoms with Crippen LogP contribution in [0.15, 0.2) is 24.3 Å². The molecule has 2 rings (SSSR count). The van der Waals surface area contributed by atoms with E-state index in [1.165, 1.54) is 0 Å². The number of hydrogen-bond acceptors (Lipinski definition) is 4. The number of halogens is 1. The lowest BCUT2D eigenvalue weighted by molar-refractivity contribution is -0.120. The fraction of sp³-hybridized carbons (Fsp3) is 0.533. The predicted molar refractivity (Wildman–Crippen MR) is 83.4 cm³/mol. The van der Waals surface area contributed by atoms with E-state index in [2.05, 4.69) is 15.5 Å². The van der Waals surface area contributed by atoms with Crippen LogP contribution in [0.3, 0.4) is 0 Å². The SMILES string of the molecule is O=C(CNCc1ccccc1Cl)NCCN1CCOCC1. The Morgan fingerprint density at radius 1 is 1.29 bits per heavy atom. The molecule has 0 aliphatic carbocycles. The molecular weight excluding hydrogens is 290 g/mol. The third-order valence-electron chi connectivity index (χ3n) is 3.41. The third kappa shape index (κ3) is 6.01. The van der Waals surface area contributed by atoms with Crippen molar-refractivity contribution in [3.63, 3.8) is 0 Å². The van der Waals surface area contributed by atoms with Crippen LogP contribution in [0.5, 0.6) is 0 Å². The summed E-state index contributed by atoms with van der Waals surface area (Å²) in [4.78, 5) is 14.0. The van der Waals surface area contributed by atoms with Crippen molar-refractivity contribution in [3.05, 3.63) is 34.9 Å². The van der Waals surface area contributed by atoms with Crippen molar-refractivity contribution in [1.29, 1.82) is 0 Å². The summed E-state index contributed by atoms with van der Waals surface area (Å²) < 4.78 is 5.28. The van der Waals surface area contributed by atoms with E-state index in [1.54, 1.807) is 0 Å². The average Bonchev–Trinajstić information content (AvgIpc) is 2.50. The summed E-state index contributed by atoms with van der Waals surface area (Å²) in [6, 6.07) is 7.63. The number of carbonyl (C=O) groups is 1. The van der Waals surface area contributed by atoms with E-state index in [1.807, 2.05) is 24.3 Å². The smallest absolute Gasteiger partial charge is 0.234 e. The normalized spacial score (nSPS) is 15.9. The van der Waals surface area contributed by atoms with Gasteiger partial charge in [0.25, 0.3) is 0 Å². The van der Waals surface area contributed by atoms with Crippen molar-refractivity contribution in [2.75, 3.05) is 45.9 Å². The third-order valence-corrected chi connectivity index (χ3v) is 3.78. The highest BCUT2D eigenvalue weighted by Crippen LogP contribution is 2.13. The van der Waals surface area contributed by atoms with Gasteiger partial charge in [0.05, 0.1) is 19.8 Å². The summed E-state index contributed by atoms with van der Waals surface area (Å²) in [5, 5.41) is 6.73. The van der Waals surface area contributed by atoms with E-state index in [4.69, 9.17) is 16.3 Å². The first-order chi connectivity index (χ1) is 10.3. The second-order valence-electron chi connectivity index (χ2n) is 5.00. The molecule has 1 aromatic rings. The summed E-state index contributed by atoms with van der Waals surface area (Å²) in [7, 11) is 0. The van der Waals surface area contributed by atoms with Crippen LogP contribution in [0.1, 0.15) is 5.56 Å². The van der Waals surface area contributed by atoms with Crippen LogP contribution >= 0.6 is 11.6 Å². The molecule has 1 saturated heterocycles. The molecule has 2 N–H and O–H groups in total. The maximum absolute atomic E-state index is 11.7. The molecule has 1 heterocycles. The number of morpholine rings is 1. The highest BCUT2D eigenvalue weighted by Gasteiger charge is 2.10. The van der Waals surface area contributed by atoms with Gasteiger partial charge in [-0.2, -0.15) is 0 Å². The first-order valence-electron chi connectivity index (χ1n) is 7.26. The number of hydrogen-bond donors (Lipinski definition) is 2. The van der Waals surface area contributed by atoms with Crippen LogP contribution in [-0.4, -0.2) is 56.7 Å². The quantitative estimate of drug-likeness (QED) is 0.785. The Bertz CT molecular complexity index is 450. The number of rotatable bonds is 7. The fourth-order valence-electron chi connectivity index (χ4n) is 2.19. The molecule has 5 nitrogen and oxygen atoms in total. The van der Waals surface area contributed by atoms with Crippen LogP contribution in [0.4, 0.5) is 0 Å². The Balaban J connectivity index is 1.56. The standard InChI is InChI=1S/C15H22ClN3O2/c16-14-4-2-1-3-13(14)11-17-12-15(20)18-5-6-19-7-9-21-10-8-19/h1-4,17H,5-12H2,(H,18,20). The van der Waals surface area contributed by atoms with E-state index in [0.717, 1.165) is 43.4 Å². The zero-order valence-electron chi connectivity index (χ0n) is 12.1. The molecule has 1 aliphatic heterocycles. The van der Waals surface area contributed by atoms with E-state index in [0.29, 0.717) is 19.6 Å². The topological polar surface area (TPSA) is 53.6 Å². The summed E-state index contributed by atoms with van der Waals surface area (Å²) in [5.41, 5.74) is 1.00. The number of amides is 1. The molecule has 1 amide bonds. The summed E-state index contributed by atoms with van der Waals surface area (Å²) in [5.74, 6) is 0.00955. The number of benzene rings is 1. The van der Waals surface area contributed by atoms with Gasteiger partial charge in [0, 0.05) is 37.7 Å². The second-order valence-corrected chi connectivity index (χ2v) is 5.41. The average molecular weight is 312 g/mol. The van der Waals surface area contributed by atoms with Crippen molar-refractivity contribution in [2.24, 2.45) is 0 Å². The monoisotopic (exact) mass is 311 g/mol. The summed E-state index contributed by atoms with van der Waals surface area (Å²) >= 11 is 6.05. The lowest BCUT2D eigenvalue weighted by Crippen LogP contribution is -2.42. The fourth-order valence-corrected chi connectivity index (χ4v) is 2.40. The molecule has 0 unspecified atom stereocenters. The van der Waals surface area contributed by atoms with Gasteiger partial charge >= 0.3 is 0 Å². The van der Waals surface area contributed by atoms with Crippen LogP contribution in [0.25, 0.3) is 0 Å². The Morgan fingerprint density at radius 2 is 2.05 bits per heavy atom. The maximum Gasteiger partial charge on any atom is 0.234 e. The minimum atomic E-state index is 0.00955. The first-order valence-corrected chi connectivity index (χ1v) is 7.64. The lowest BCUT2D eigenvalue weighted by Gasteiger charge is -2.26. The van der Waals surface area contributed by atoms with Crippen LogP contribution in [0.2, 0.25) is 5.02 Å². The molecule has 1 fully saturated rings. The zero-order valence-corrected chi connectivity index (χ0v) is 12.9. The largest absolute Gasteiger partial charge is 0.379 e. The molecule has 1 aliphatic rings. The van der Waals surface area contributed by atoms with Crippen molar-refractivity contribution < 1.29 is 9.53 Å². The van der Waals surface area contributed by atoms with E-state index in [-0.39, 0.29) is 5.91 Å². The summed E-state index contributed by atoms with van der Waals surface area (Å²) in [6.45, 7) is 5.90. The molecule has 116 valence electrons. The van der Waals surface area contributed by atoms with Crippen molar-refractivity contribution in [3.8, 4) is 0 Å². The predicted octanol–water partition coefficient (Wildman–Crippen LogP) is 0.878. The Kier molecular flexibility index (Phi) is 6.95. The number of carbonyl (C=O) groups excluding carboxylic acids is 1. The number of nitrogens with one attached hydrogen (secondary N) is 2. The van der Waals surface area contributed by atoms with E-state index in [9.17, 15) is 4.79 Å². The van der Waals surface area contributed by atoms with Gasteiger partial charge in [0.1, 0.15) is 0 Å². The zero-order chi connectivity index (χ0) is 14.9. The molecule has 0 aromatic heterocycles.